The summed E-state index contributed by atoms with van der Waals surface area (Å²) < 4.78 is 26.9. The average Bonchev–Trinajstić information content (AvgIpc) is 2.24. The van der Waals surface area contributed by atoms with Crippen LogP contribution < -0.4 is 5.73 Å². The second-order valence-corrected chi connectivity index (χ2v) is 4.80. The zero-order chi connectivity index (χ0) is 11.8. The van der Waals surface area contributed by atoms with Crippen LogP contribution in [0.25, 0.3) is 0 Å². The van der Waals surface area contributed by atoms with Crippen LogP contribution >= 0.6 is 0 Å². The molecule has 0 heterocycles. The van der Waals surface area contributed by atoms with Crippen LogP contribution in [-0.2, 0) is 5.54 Å². The highest BCUT2D eigenvalue weighted by Gasteiger charge is 2.32. The number of hydrogen-bond acceptors (Lipinski definition) is 1. The lowest BCUT2D eigenvalue weighted by molar-refractivity contribution is 0.292. The molecule has 0 radical (unpaired) electrons. The monoisotopic (exact) mass is 225 g/mol. The molecule has 1 aromatic rings. The van der Waals surface area contributed by atoms with Gasteiger partial charge in [-0.3, -0.25) is 0 Å². The van der Waals surface area contributed by atoms with Crippen molar-refractivity contribution in [1.82, 2.24) is 0 Å². The van der Waals surface area contributed by atoms with E-state index in [4.69, 9.17) is 5.73 Å². The summed E-state index contributed by atoms with van der Waals surface area (Å²) in [5.41, 5.74) is 6.58. The Morgan fingerprint density at radius 3 is 2.31 bits per heavy atom. The number of rotatable bonds is 1. The van der Waals surface area contributed by atoms with Crippen molar-refractivity contribution in [3.05, 3.63) is 34.9 Å². The van der Waals surface area contributed by atoms with Gasteiger partial charge in [0.1, 0.15) is 11.6 Å². The van der Waals surface area contributed by atoms with E-state index in [1.54, 1.807) is 13.0 Å². The van der Waals surface area contributed by atoms with E-state index >= 15 is 0 Å². The molecular formula is C13H17F2N. The molecular weight excluding hydrogens is 208 g/mol. The van der Waals surface area contributed by atoms with Gasteiger partial charge in [0.15, 0.2) is 0 Å². The van der Waals surface area contributed by atoms with Gasteiger partial charge in [-0.25, -0.2) is 8.78 Å². The van der Waals surface area contributed by atoms with Gasteiger partial charge in [-0.05, 0) is 31.4 Å². The van der Waals surface area contributed by atoms with Gasteiger partial charge in [0.2, 0.25) is 0 Å². The fourth-order valence-electron chi connectivity index (χ4n) is 2.49. The summed E-state index contributed by atoms with van der Waals surface area (Å²) >= 11 is 0. The Kier molecular flexibility index (Phi) is 2.98. The minimum Gasteiger partial charge on any atom is -0.321 e. The molecule has 2 N–H and O–H groups in total. The van der Waals surface area contributed by atoms with Crippen molar-refractivity contribution in [3.8, 4) is 0 Å². The van der Waals surface area contributed by atoms with Crippen molar-refractivity contribution in [1.29, 1.82) is 0 Å². The summed E-state index contributed by atoms with van der Waals surface area (Å²) in [6.07, 6.45) is 4.77. The van der Waals surface area contributed by atoms with E-state index in [1.165, 1.54) is 0 Å². The summed E-state index contributed by atoms with van der Waals surface area (Å²) in [5, 5.41) is 0. The maximum absolute atomic E-state index is 13.7. The van der Waals surface area contributed by atoms with Crippen LogP contribution in [0.2, 0.25) is 0 Å². The molecule has 0 unspecified atom stereocenters. The quantitative estimate of drug-likeness (QED) is 0.779. The maximum Gasteiger partial charge on any atom is 0.131 e. The third kappa shape index (κ3) is 1.96. The number of benzene rings is 1. The van der Waals surface area contributed by atoms with Crippen molar-refractivity contribution >= 4 is 0 Å². The second-order valence-electron chi connectivity index (χ2n) is 4.80. The summed E-state index contributed by atoms with van der Waals surface area (Å²) in [5.74, 6) is -1.01. The Bertz CT molecular complexity index is 395. The molecule has 0 spiro atoms. The first-order valence-electron chi connectivity index (χ1n) is 5.78. The molecule has 1 fully saturated rings. The van der Waals surface area contributed by atoms with E-state index in [2.05, 4.69) is 0 Å². The normalized spacial score (nSPS) is 19.8. The zero-order valence-electron chi connectivity index (χ0n) is 9.52. The molecule has 2 rings (SSSR count). The van der Waals surface area contributed by atoms with Crippen LogP contribution in [-0.4, -0.2) is 0 Å². The van der Waals surface area contributed by atoms with E-state index in [9.17, 15) is 8.78 Å². The summed E-state index contributed by atoms with van der Waals surface area (Å²) in [6, 6.07) is 2.52. The topological polar surface area (TPSA) is 26.0 Å². The van der Waals surface area contributed by atoms with Gasteiger partial charge in [-0.2, -0.15) is 0 Å². The molecule has 0 bridgehead atoms. The van der Waals surface area contributed by atoms with Crippen molar-refractivity contribution < 1.29 is 8.78 Å². The average molecular weight is 225 g/mol. The molecule has 1 aromatic carbocycles. The number of halogens is 2. The van der Waals surface area contributed by atoms with Gasteiger partial charge in [0.25, 0.3) is 0 Å². The number of nitrogens with two attached hydrogens (primary N) is 1. The third-order valence-electron chi connectivity index (χ3n) is 3.53. The third-order valence-corrected chi connectivity index (χ3v) is 3.53. The lowest BCUT2D eigenvalue weighted by Crippen LogP contribution is -2.39. The van der Waals surface area contributed by atoms with Gasteiger partial charge >= 0.3 is 0 Å². The van der Waals surface area contributed by atoms with Crippen molar-refractivity contribution in [2.45, 2.75) is 44.6 Å². The van der Waals surface area contributed by atoms with Gasteiger partial charge < -0.3 is 5.73 Å². The standard InChI is InChI=1S/C13H17F2N/c1-9-7-10(12(15)8-11(9)14)13(16)5-3-2-4-6-13/h7-8H,2-6,16H2,1H3. The molecule has 1 aliphatic carbocycles. The Labute approximate surface area is 94.7 Å². The first-order chi connectivity index (χ1) is 7.53. The molecule has 1 saturated carbocycles. The van der Waals surface area contributed by atoms with Gasteiger partial charge in [0.05, 0.1) is 0 Å². The van der Waals surface area contributed by atoms with Crippen molar-refractivity contribution in [3.63, 3.8) is 0 Å². The van der Waals surface area contributed by atoms with Crippen molar-refractivity contribution in [2.75, 3.05) is 0 Å². The smallest absolute Gasteiger partial charge is 0.131 e. The molecule has 88 valence electrons. The van der Waals surface area contributed by atoms with E-state index in [1.807, 2.05) is 0 Å². The van der Waals surface area contributed by atoms with Gasteiger partial charge in [0, 0.05) is 17.2 Å². The molecule has 3 heteroatoms. The number of aryl methyl sites for hydroxylation is 1. The Balaban J connectivity index is 2.42. The second kappa shape index (κ2) is 4.13. The first kappa shape index (κ1) is 11.5. The molecule has 0 saturated heterocycles. The first-order valence-corrected chi connectivity index (χ1v) is 5.78. The SMILES string of the molecule is Cc1cc(C2(N)CCCCC2)c(F)cc1F. The molecule has 1 aliphatic rings. The van der Waals surface area contributed by atoms with E-state index in [0.717, 1.165) is 38.2 Å². The summed E-state index contributed by atoms with van der Waals surface area (Å²) in [7, 11) is 0. The minimum atomic E-state index is -0.596. The van der Waals surface area contributed by atoms with Crippen LogP contribution in [0.5, 0.6) is 0 Å². The predicted octanol–water partition coefficient (Wildman–Crippen LogP) is 3.39. The molecule has 0 atom stereocenters. The van der Waals surface area contributed by atoms with Gasteiger partial charge in [-0.1, -0.05) is 19.3 Å². The molecule has 0 amide bonds. The van der Waals surface area contributed by atoms with Crippen LogP contribution in [0.4, 0.5) is 8.78 Å². The van der Waals surface area contributed by atoms with E-state index in [-0.39, 0.29) is 0 Å². The van der Waals surface area contributed by atoms with Crippen LogP contribution in [0, 0.1) is 18.6 Å². The lowest BCUT2D eigenvalue weighted by atomic mass is 9.77. The predicted molar refractivity (Wildman–Crippen MR) is 60.0 cm³/mol. The van der Waals surface area contributed by atoms with Crippen molar-refractivity contribution in [2.24, 2.45) is 5.73 Å². The minimum absolute atomic E-state index is 0.465. The fourth-order valence-corrected chi connectivity index (χ4v) is 2.49. The summed E-state index contributed by atoms with van der Waals surface area (Å²) in [6.45, 7) is 1.64. The molecule has 0 aromatic heterocycles. The molecule has 16 heavy (non-hydrogen) atoms. The fraction of sp³-hybridized carbons (Fsp3) is 0.538. The molecule has 0 aliphatic heterocycles. The maximum atomic E-state index is 13.7. The summed E-state index contributed by atoms with van der Waals surface area (Å²) in [4.78, 5) is 0. The van der Waals surface area contributed by atoms with Crippen LogP contribution in [0.1, 0.15) is 43.2 Å². The van der Waals surface area contributed by atoms with Crippen LogP contribution in [0.3, 0.4) is 0 Å². The highest BCUT2D eigenvalue weighted by Crippen LogP contribution is 2.36. The number of hydrogen-bond donors (Lipinski definition) is 1. The zero-order valence-corrected chi connectivity index (χ0v) is 9.52. The largest absolute Gasteiger partial charge is 0.321 e. The Morgan fingerprint density at radius 1 is 1.06 bits per heavy atom. The Hall–Kier alpha value is -0.960. The Morgan fingerprint density at radius 2 is 1.69 bits per heavy atom. The molecule has 1 nitrogen and oxygen atoms in total. The van der Waals surface area contributed by atoms with E-state index < -0.39 is 17.2 Å². The van der Waals surface area contributed by atoms with Crippen LogP contribution in [0.15, 0.2) is 12.1 Å². The van der Waals surface area contributed by atoms with E-state index in [0.29, 0.717) is 11.1 Å². The van der Waals surface area contributed by atoms with Gasteiger partial charge in [-0.15, -0.1) is 0 Å². The lowest BCUT2D eigenvalue weighted by Gasteiger charge is -2.34. The highest BCUT2D eigenvalue weighted by molar-refractivity contribution is 5.31. The highest BCUT2D eigenvalue weighted by atomic mass is 19.1.